The fourth-order valence-corrected chi connectivity index (χ4v) is 5.45. The number of hydrogen-bond acceptors (Lipinski definition) is 9. The number of hydrogen-bond donors (Lipinski definition) is 6. The number of ether oxygens (including phenoxy) is 2. The van der Waals surface area contributed by atoms with E-state index < -0.39 is 0 Å². The van der Waals surface area contributed by atoms with Crippen LogP contribution in [0.25, 0.3) is 0 Å². The predicted octanol–water partition coefficient (Wildman–Crippen LogP) is 10.7. The SMILES string of the molecule is C.C.CCc1cc(N)ccc1Cl.CCc1cc(NC(=O)Nc2ccc(Oc3ccnc(C(=O)NC)c3)cc2)ccc1Cl.CNC(=O)c1cc(Oc2ccc(N)cc2)ccn1. The summed E-state index contributed by atoms with van der Waals surface area (Å²) in [5.74, 6) is 1.69. The lowest BCUT2D eigenvalue weighted by atomic mass is 10.1. The van der Waals surface area contributed by atoms with E-state index in [1.807, 2.05) is 31.2 Å². The summed E-state index contributed by atoms with van der Waals surface area (Å²) in [7, 11) is 3.09. The molecule has 0 bridgehead atoms. The molecule has 6 aromatic rings. The van der Waals surface area contributed by atoms with Gasteiger partial charge in [0.1, 0.15) is 34.4 Å². The highest BCUT2D eigenvalue weighted by Crippen LogP contribution is 2.25. The standard InChI is InChI=1S/C22H21ClN4O3.C13H13N3O2.C8H10ClN.2CH4/c1-3-14-12-16(6-9-19(14)23)27-22(29)26-15-4-7-17(8-5-15)30-18-10-11-25-20(13-18)21(28)24-2;1-15-13(17)12-8-11(6-7-16-12)18-10-4-2-9(14)3-5-10;1-2-6-5-7(10)3-4-8(6)9;;/h4-13H,3H2,1-2H3,(H,24,28)(H2,26,27,29);2-8H,14H2,1H3,(H,15,17);3-5H,2,10H2,1H3;2*1H4. The Morgan fingerprint density at radius 3 is 1.43 bits per heavy atom. The highest BCUT2D eigenvalue weighted by atomic mass is 35.5. The number of nitrogens with two attached hydrogens (primary N) is 2. The number of halogens is 2. The Bertz CT molecular complexity index is 2310. The molecule has 0 saturated heterocycles. The molecule has 0 aliphatic rings. The lowest BCUT2D eigenvalue weighted by molar-refractivity contribution is 0.0950. The molecule has 0 radical (unpaired) electrons. The molecule has 0 saturated carbocycles. The molecule has 6 rings (SSSR count). The first-order valence-electron chi connectivity index (χ1n) is 18.0. The molecule has 60 heavy (non-hydrogen) atoms. The van der Waals surface area contributed by atoms with Gasteiger partial charge in [-0.05, 0) is 121 Å². The number of urea groups is 1. The number of aromatic nitrogens is 2. The summed E-state index contributed by atoms with van der Waals surface area (Å²) >= 11 is 11.9. The maximum Gasteiger partial charge on any atom is 0.323 e. The Morgan fingerprint density at radius 1 is 0.550 bits per heavy atom. The normalized spacial score (nSPS) is 9.70. The molecule has 0 unspecified atom stereocenters. The summed E-state index contributed by atoms with van der Waals surface area (Å²) < 4.78 is 11.3. The third-order valence-corrected chi connectivity index (χ3v) is 8.72. The largest absolute Gasteiger partial charge is 0.457 e. The Kier molecular flexibility index (Phi) is 20.4. The van der Waals surface area contributed by atoms with Crippen molar-refractivity contribution < 1.29 is 23.9 Å². The second kappa shape index (κ2) is 24.8. The Hall–Kier alpha value is -6.83. The van der Waals surface area contributed by atoms with Crippen LogP contribution in [0.3, 0.4) is 0 Å². The third-order valence-electron chi connectivity index (χ3n) is 7.98. The zero-order valence-electron chi connectivity index (χ0n) is 32.3. The Labute approximate surface area is 361 Å². The van der Waals surface area contributed by atoms with Crippen LogP contribution in [0.2, 0.25) is 10.0 Å². The summed E-state index contributed by atoms with van der Waals surface area (Å²) in [6.45, 7) is 4.06. The summed E-state index contributed by atoms with van der Waals surface area (Å²) in [5, 5.41) is 12.0. The summed E-state index contributed by atoms with van der Waals surface area (Å²) in [4.78, 5) is 43.3. The number of anilines is 4. The summed E-state index contributed by atoms with van der Waals surface area (Å²) in [6.07, 6.45) is 4.74. The van der Waals surface area contributed by atoms with Gasteiger partial charge in [-0.3, -0.25) is 19.6 Å². The first kappa shape index (κ1) is 49.3. The predicted molar refractivity (Wildman–Crippen MR) is 245 cm³/mol. The maximum atomic E-state index is 12.2. The van der Waals surface area contributed by atoms with Gasteiger partial charge in [0, 0.05) is 71.4 Å². The number of rotatable bonds is 10. The molecule has 316 valence electrons. The molecule has 8 N–H and O–H groups in total. The highest BCUT2D eigenvalue weighted by molar-refractivity contribution is 6.31. The van der Waals surface area contributed by atoms with Gasteiger partial charge >= 0.3 is 6.03 Å². The molecule has 4 amide bonds. The van der Waals surface area contributed by atoms with Crippen molar-refractivity contribution in [1.82, 2.24) is 20.6 Å². The minimum atomic E-state index is -0.364. The number of carbonyl (C=O) groups excluding carboxylic acids is 3. The monoisotopic (exact) mass is 854 g/mol. The van der Waals surface area contributed by atoms with Crippen LogP contribution in [0.5, 0.6) is 23.0 Å². The fourth-order valence-electron chi connectivity index (χ4n) is 4.95. The van der Waals surface area contributed by atoms with E-state index in [1.165, 1.54) is 19.4 Å². The minimum absolute atomic E-state index is 0. The van der Waals surface area contributed by atoms with Crippen molar-refractivity contribution in [1.29, 1.82) is 0 Å². The quantitative estimate of drug-likeness (QED) is 0.0727. The molecule has 2 heterocycles. The molecule has 0 spiro atoms. The number of carbonyl (C=O) groups is 3. The van der Waals surface area contributed by atoms with Crippen molar-refractivity contribution in [2.24, 2.45) is 0 Å². The number of nitrogen functional groups attached to an aromatic ring is 2. The first-order chi connectivity index (χ1) is 27.9. The van der Waals surface area contributed by atoms with Crippen LogP contribution in [0.1, 0.15) is 60.8 Å². The van der Waals surface area contributed by atoms with E-state index in [1.54, 1.807) is 92.0 Å². The van der Waals surface area contributed by atoms with Crippen LogP contribution in [0.15, 0.2) is 122 Å². The zero-order chi connectivity index (χ0) is 42.0. The van der Waals surface area contributed by atoms with Crippen molar-refractivity contribution in [2.75, 3.05) is 36.2 Å². The van der Waals surface area contributed by atoms with Crippen LogP contribution in [-0.4, -0.2) is 41.9 Å². The van der Waals surface area contributed by atoms with Crippen LogP contribution in [0, 0.1) is 0 Å². The third kappa shape index (κ3) is 15.5. The topological polar surface area (TPSA) is 196 Å². The van der Waals surface area contributed by atoms with E-state index in [0.717, 1.165) is 34.7 Å². The molecular formula is C45H52Cl2N8O5. The molecule has 4 aromatic carbocycles. The lowest BCUT2D eigenvalue weighted by Crippen LogP contribution is -2.19. The Morgan fingerprint density at radius 2 is 0.967 bits per heavy atom. The van der Waals surface area contributed by atoms with Crippen LogP contribution >= 0.6 is 23.2 Å². The van der Waals surface area contributed by atoms with Gasteiger partial charge in [-0.15, -0.1) is 0 Å². The van der Waals surface area contributed by atoms with Crippen molar-refractivity contribution >= 4 is 63.8 Å². The van der Waals surface area contributed by atoms with Gasteiger partial charge in [-0.2, -0.15) is 0 Å². The molecule has 15 heteroatoms. The van der Waals surface area contributed by atoms with Crippen molar-refractivity contribution in [3.05, 3.63) is 154 Å². The summed E-state index contributed by atoms with van der Waals surface area (Å²) in [6, 6.07) is 30.9. The summed E-state index contributed by atoms with van der Waals surface area (Å²) in [5.41, 5.74) is 16.5. The molecular weight excluding hydrogens is 803 g/mol. The number of amides is 4. The number of pyridine rings is 2. The van der Waals surface area contributed by atoms with Gasteiger partial charge in [0.15, 0.2) is 0 Å². The van der Waals surface area contributed by atoms with Crippen LogP contribution in [-0.2, 0) is 12.8 Å². The second-order valence-corrected chi connectivity index (χ2v) is 13.0. The zero-order valence-corrected chi connectivity index (χ0v) is 33.8. The van der Waals surface area contributed by atoms with Gasteiger partial charge in [-0.25, -0.2) is 4.79 Å². The number of benzene rings is 4. The van der Waals surface area contributed by atoms with E-state index in [-0.39, 0.29) is 38.4 Å². The number of aryl methyl sites for hydroxylation is 2. The highest BCUT2D eigenvalue weighted by Gasteiger charge is 2.09. The van der Waals surface area contributed by atoms with Crippen LogP contribution in [0.4, 0.5) is 27.5 Å². The number of nitrogens with zero attached hydrogens (tertiary/aromatic N) is 2. The molecule has 0 fully saturated rings. The first-order valence-corrected chi connectivity index (χ1v) is 18.7. The van der Waals surface area contributed by atoms with E-state index in [4.69, 9.17) is 44.1 Å². The van der Waals surface area contributed by atoms with E-state index >= 15 is 0 Å². The molecule has 0 aliphatic heterocycles. The van der Waals surface area contributed by atoms with Crippen molar-refractivity contribution in [3.8, 4) is 23.0 Å². The van der Waals surface area contributed by atoms with Crippen molar-refractivity contribution in [3.63, 3.8) is 0 Å². The number of nitrogens with one attached hydrogen (secondary N) is 4. The second-order valence-electron chi connectivity index (χ2n) is 12.2. The van der Waals surface area contributed by atoms with E-state index in [9.17, 15) is 14.4 Å². The Balaban J connectivity index is 0.000000350. The van der Waals surface area contributed by atoms with Gasteiger partial charge in [0.2, 0.25) is 0 Å². The van der Waals surface area contributed by atoms with Gasteiger partial charge in [-0.1, -0.05) is 51.9 Å². The van der Waals surface area contributed by atoms with Crippen LogP contribution < -0.4 is 42.2 Å². The molecule has 2 aromatic heterocycles. The van der Waals surface area contributed by atoms with E-state index in [2.05, 4.69) is 38.2 Å². The van der Waals surface area contributed by atoms with Gasteiger partial charge in [0.05, 0.1) is 0 Å². The molecule has 13 nitrogen and oxygen atoms in total. The molecule has 0 atom stereocenters. The lowest BCUT2D eigenvalue weighted by Gasteiger charge is -2.11. The minimum Gasteiger partial charge on any atom is -0.457 e. The van der Waals surface area contributed by atoms with Crippen molar-refractivity contribution in [2.45, 2.75) is 41.5 Å². The van der Waals surface area contributed by atoms with Gasteiger partial charge in [0.25, 0.3) is 11.8 Å². The maximum absolute atomic E-state index is 12.2. The average Bonchev–Trinajstić information content (AvgIpc) is 3.24. The molecule has 0 aliphatic carbocycles. The van der Waals surface area contributed by atoms with Gasteiger partial charge < -0.3 is 42.2 Å². The fraction of sp³-hybridized carbons (Fsp3) is 0.178. The van der Waals surface area contributed by atoms with E-state index in [0.29, 0.717) is 50.8 Å². The smallest absolute Gasteiger partial charge is 0.323 e. The average molecular weight is 856 g/mol.